The van der Waals surface area contributed by atoms with Gasteiger partial charge in [0, 0.05) is 12.2 Å². The zero-order valence-corrected chi connectivity index (χ0v) is 16.5. The molecule has 2 aromatic rings. The first-order chi connectivity index (χ1) is 14.1. The number of nitrogens with zero attached hydrogens (tertiary/aromatic N) is 1. The first kappa shape index (κ1) is 23.0. The van der Waals surface area contributed by atoms with Crippen LogP contribution in [0.25, 0.3) is 0 Å². The molecule has 2 rings (SSSR count). The maximum atomic E-state index is 12.6. The number of carbonyl (C=O) groups excluding carboxylic acids is 2. The van der Waals surface area contributed by atoms with Crippen molar-refractivity contribution in [2.45, 2.75) is 32.6 Å². The van der Waals surface area contributed by atoms with Crippen molar-refractivity contribution in [2.24, 2.45) is 0 Å². The quantitative estimate of drug-likeness (QED) is 0.645. The molecule has 0 spiro atoms. The number of hydrogen-bond donors (Lipinski definition) is 2. The first-order valence-corrected chi connectivity index (χ1v) is 9.08. The van der Waals surface area contributed by atoms with Gasteiger partial charge in [0.15, 0.2) is 13.2 Å². The minimum atomic E-state index is -4.56. The summed E-state index contributed by atoms with van der Waals surface area (Å²) < 4.78 is 47.7. The highest BCUT2D eigenvalue weighted by atomic mass is 19.4. The van der Waals surface area contributed by atoms with Gasteiger partial charge in [-0.15, -0.1) is 0 Å². The predicted octanol–water partition coefficient (Wildman–Crippen LogP) is 2.86. The molecule has 0 fully saturated rings. The molecule has 0 saturated carbocycles. The molecule has 0 aliphatic rings. The molecule has 0 aliphatic carbocycles. The molecule has 7 nitrogen and oxygen atoms in total. The summed E-state index contributed by atoms with van der Waals surface area (Å²) in [5.74, 6) is -1.17. The van der Waals surface area contributed by atoms with Gasteiger partial charge in [-0.1, -0.05) is 6.07 Å². The van der Waals surface area contributed by atoms with Crippen LogP contribution in [0.1, 0.15) is 29.9 Å². The molecule has 0 aliphatic heterocycles. The molecule has 1 aromatic heterocycles. The number of alkyl halides is 3. The summed E-state index contributed by atoms with van der Waals surface area (Å²) in [5.41, 5.74) is 0.415. The molecule has 1 aromatic carbocycles. The molecule has 1 heterocycles. The van der Waals surface area contributed by atoms with E-state index in [2.05, 4.69) is 15.6 Å². The van der Waals surface area contributed by atoms with Gasteiger partial charge in [0.1, 0.15) is 11.5 Å². The molecular weight excluding hydrogens is 403 g/mol. The van der Waals surface area contributed by atoms with Crippen LogP contribution in [-0.2, 0) is 11.3 Å². The Hall–Kier alpha value is -3.30. The zero-order valence-electron chi connectivity index (χ0n) is 16.5. The van der Waals surface area contributed by atoms with Crippen LogP contribution >= 0.6 is 0 Å². The first-order valence-electron chi connectivity index (χ1n) is 9.08. The number of aromatic nitrogens is 1. The zero-order chi connectivity index (χ0) is 22.1. The minimum Gasteiger partial charge on any atom is -0.484 e. The van der Waals surface area contributed by atoms with Gasteiger partial charge >= 0.3 is 6.18 Å². The maximum Gasteiger partial charge on any atom is 0.422 e. The third-order valence-electron chi connectivity index (χ3n) is 3.56. The molecule has 2 amide bonds. The molecule has 0 unspecified atom stereocenters. The van der Waals surface area contributed by atoms with Crippen molar-refractivity contribution in [1.82, 2.24) is 15.6 Å². The SMILES string of the molecule is CC(C)NC(=O)COc1ccc(OCC(F)(F)F)c(C(=O)NCc2ccccn2)c1. The van der Waals surface area contributed by atoms with Crippen LogP contribution in [0.2, 0.25) is 0 Å². The van der Waals surface area contributed by atoms with Gasteiger partial charge in [-0.05, 0) is 44.2 Å². The average Bonchev–Trinajstić information content (AvgIpc) is 2.69. The third kappa shape index (κ3) is 7.98. The van der Waals surface area contributed by atoms with Gasteiger partial charge in [-0.3, -0.25) is 14.6 Å². The molecular formula is C20H22F3N3O4. The van der Waals surface area contributed by atoms with Crippen LogP contribution in [0.4, 0.5) is 13.2 Å². The minimum absolute atomic E-state index is 0.0697. The standard InChI is InChI=1S/C20H22F3N3O4/c1-13(2)26-18(27)11-29-15-6-7-17(30-12-20(21,22)23)16(9-15)19(28)25-10-14-5-3-4-8-24-14/h3-9,13H,10-12H2,1-2H3,(H,25,28)(H,26,27). The number of ether oxygens (including phenoxy) is 2. The predicted molar refractivity (Wildman–Crippen MR) is 102 cm³/mol. The van der Waals surface area contributed by atoms with Gasteiger partial charge in [0.25, 0.3) is 11.8 Å². The van der Waals surface area contributed by atoms with Crippen molar-refractivity contribution in [3.8, 4) is 11.5 Å². The molecule has 0 radical (unpaired) electrons. The number of benzene rings is 1. The fourth-order valence-corrected chi connectivity index (χ4v) is 2.34. The summed E-state index contributed by atoms with van der Waals surface area (Å²) in [6, 6.07) is 8.80. The van der Waals surface area contributed by atoms with E-state index in [4.69, 9.17) is 9.47 Å². The van der Waals surface area contributed by atoms with Crippen LogP contribution < -0.4 is 20.1 Å². The van der Waals surface area contributed by atoms with Gasteiger partial charge in [-0.25, -0.2) is 0 Å². The molecule has 0 saturated heterocycles. The normalized spacial score (nSPS) is 11.1. The highest BCUT2D eigenvalue weighted by molar-refractivity contribution is 5.97. The molecule has 0 atom stereocenters. The third-order valence-corrected chi connectivity index (χ3v) is 3.56. The Morgan fingerprint density at radius 2 is 1.90 bits per heavy atom. The summed E-state index contributed by atoms with van der Waals surface area (Å²) in [7, 11) is 0. The van der Waals surface area contributed by atoms with E-state index in [1.54, 1.807) is 38.2 Å². The van der Waals surface area contributed by atoms with Crippen LogP contribution in [-0.4, -0.2) is 42.2 Å². The Balaban J connectivity index is 2.14. The van der Waals surface area contributed by atoms with E-state index in [0.29, 0.717) is 5.69 Å². The lowest BCUT2D eigenvalue weighted by Gasteiger charge is -2.15. The summed E-state index contributed by atoms with van der Waals surface area (Å²) in [6.45, 7) is 1.78. The number of rotatable bonds is 9. The molecule has 2 N–H and O–H groups in total. The number of carbonyl (C=O) groups is 2. The second-order valence-corrected chi connectivity index (χ2v) is 6.58. The lowest BCUT2D eigenvalue weighted by Crippen LogP contribution is -2.34. The Kier molecular flexibility index (Phi) is 8.02. The van der Waals surface area contributed by atoms with E-state index in [9.17, 15) is 22.8 Å². The number of amides is 2. The van der Waals surface area contributed by atoms with Crippen molar-refractivity contribution in [2.75, 3.05) is 13.2 Å². The Labute approximate surface area is 171 Å². The molecule has 162 valence electrons. The number of halogens is 3. The number of pyridine rings is 1. The Morgan fingerprint density at radius 3 is 2.53 bits per heavy atom. The largest absolute Gasteiger partial charge is 0.484 e. The van der Waals surface area contributed by atoms with E-state index >= 15 is 0 Å². The topological polar surface area (TPSA) is 89.5 Å². The Morgan fingerprint density at radius 1 is 1.13 bits per heavy atom. The van der Waals surface area contributed by atoms with Crippen molar-refractivity contribution >= 4 is 11.8 Å². The van der Waals surface area contributed by atoms with Gasteiger partial charge in [-0.2, -0.15) is 13.2 Å². The molecule has 10 heteroatoms. The fourth-order valence-electron chi connectivity index (χ4n) is 2.34. The van der Waals surface area contributed by atoms with E-state index in [-0.39, 0.29) is 42.2 Å². The van der Waals surface area contributed by atoms with Crippen LogP contribution in [0.3, 0.4) is 0 Å². The van der Waals surface area contributed by atoms with E-state index < -0.39 is 18.7 Å². The van der Waals surface area contributed by atoms with Crippen LogP contribution in [0.5, 0.6) is 11.5 Å². The van der Waals surface area contributed by atoms with Gasteiger partial charge in [0.2, 0.25) is 0 Å². The van der Waals surface area contributed by atoms with E-state index in [1.165, 1.54) is 18.2 Å². The molecule has 30 heavy (non-hydrogen) atoms. The van der Waals surface area contributed by atoms with Crippen molar-refractivity contribution in [1.29, 1.82) is 0 Å². The summed E-state index contributed by atoms with van der Waals surface area (Å²) in [6.07, 6.45) is -3.01. The van der Waals surface area contributed by atoms with Crippen LogP contribution in [0.15, 0.2) is 42.6 Å². The summed E-state index contributed by atoms with van der Waals surface area (Å²) >= 11 is 0. The highest BCUT2D eigenvalue weighted by Crippen LogP contribution is 2.26. The fraction of sp³-hybridized carbons (Fsp3) is 0.350. The van der Waals surface area contributed by atoms with Gasteiger partial charge < -0.3 is 20.1 Å². The highest BCUT2D eigenvalue weighted by Gasteiger charge is 2.29. The lowest BCUT2D eigenvalue weighted by atomic mass is 10.1. The second kappa shape index (κ2) is 10.5. The smallest absolute Gasteiger partial charge is 0.422 e. The monoisotopic (exact) mass is 425 g/mol. The number of hydrogen-bond acceptors (Lipinski definition) is 5. The van der Waals surface area contributed by atoms with E-state index in [0.717, 1.165) is 0 Å². The lowest BCUT2D eigenvalue weighted by molar-refractivity contribution is -0.153. The molecule has 0 bridgehead atoms. The maximum absolute atomic E-state index is 12.6. The summed E-state index contributed by atoms with van der Waals surface area (Å²) in [5, 5.41) is 5.21. The van der Waals surface area contributed by atoms with E-state index in [1.807, 2.05) is 0 Å². The van der Waals surface area contributed by atoms with Gasteiger partial charge in [0.05, 0.1) is 17.8 Å². The van der Waals surface area contributed by atoms with Crippen molar-refractivity contribution in [3.63, 3.8) is 0 Å². The van der Waals surface area contributed by atoms with Crippen molar-refractivity contribution in [3.05, 3.63) is 53.9 Å². The number of nitrogens with one attached hydrogen (secondary N) is 2. The second-order valence-electron chi connectivity index (χ2n) is 6.58. The Bertz CT molecular complexity index is 858. The van der Waals surface area contributed by atoms with Crippen LogP contribution in [0, 0.1) is 0 Å². The average molecular weight is 425 g/mol. The summed E-state index contributed by atoms with van der Waals surface area (Å²) in [4.78, 5) is 28.3. The van der Waals surface area contributed by atoms with Crippen molar-refractivity contribution < 1.29 is 32.2 Å².